The van der Waals surface area contributed by atoms with E-state index >= 15 is 0 Å². The minimum atomic E-state index is -2.58. The Morgan fingerprint density at radius 1 is 0.564 bits per heavy atom. The van der Waals surface area contributed by atoms with Gasteiger partial charge in [0, 0.05) is 0 Å². The van der Waals surface area contributed by atoms with E-state index in [2.05, 4.69) is 91.0 Å². The van der Waals surface area contributed by atoms with E-state index in [0.717, 1.165) is 17.3 Å². The number of aliphatic imine (C=N–C) groups is 1. The Hall–Kier alpha value is -4.33. The van der Waals surface area contributed by atoms with Crippen LogP contribution in [0.3, 0.4) is 0 Å². The van der Waals surface area contributed by atoms with Crippen LogP contribution in [0.1, 0.15) is 17.5 Å². The molecule has 6 rings (SSSR count). The van der Waals surface area contributed by atoms with E-state index in [-0.39, 0.29) is 5.97 Å². The molecule has 4 heteroatoms. The van der Waals surface area contributed by atoms with Gasteiger partial charge in [-0.1, -0.05) is 0 Å². The summed E-state index contributed by atoms with van der Waals surface area (Å²) in [6.07, 6.45) is 1.30. The molecular formula is C35H30NO2P. The average molecular weight is 528 g/mol. The first kappa shape index (κ1) is 25.0. The van der Waals surface area contributed by atoms with E-state index in [4.69, 9.17) is 9.73 Å². The first-order chi connectivity index (χ1) is 19.2. The number of cyclic esters (lactones) is 1. The zero-order valence-electron chi connectivity index (χ0n) is 21.6. The molecule has 39 heavy (non-hydrogen) atoms. The van der Waals surface area contributed by atoms with Gasteiger partial charge in [-0.3, -0.25) is 0 Å². The van der Waals surface area contributed by atoms with Crippen molar-refractivity contribution in [1.82, 2.24) is 0 Å². The van der Waals surface area contributed by atoms with E-state index < -0.39 is 12.8 Å². The number of rotatable bonds is 8. The van der Waals surface area contributed by atoms with Crippen molar-refractivity contribution in [3.05, 3.63) is 163 Å². The molecule has 0 aromatic heterocycles. The number of benzene rings is 5. The van der Waals surface area contributed by atoms with Gasteiger partial charge in [-0.25, -0.2) is 0 Å². The fraction of sp³-hybridized carbons (Fsp3) is 0.0857. The number of hydrogen-bond donors (Lipinski definition) is 0. The van der Waals surface area contributed by atoms with Crippen molar-refractivity contribution < 1.29 is 9.53 Å². The fourth-order valence-electron chi connectivity index (χ4n) is 5.79. The Labute approximate surface area is 230 Å². The molecule has 192 valence electrons. The summed E-state index contributed by atoms with van der Waals surface area (Å²) in [5, 5.41) is 3.93. The zero-order chi connectivity index (χ0) is 26.5. The predicted octanol–water partition coefficient (Wildman–Crippen LogP) is 6.00. The minimum absolute atomic E-state index is 0.315. The summed E-state index contributed by atoms with van der Waals surface area (Å²) in [6.45, 7) is 0. The molecule has 0 radical (unpaired) electrons. The van der Waals surface area contributed by atoms with Gasteiger partial charge in [0.1, 0.15) is 0 Å². The van der Waals surface area contributed by atoms with Crippen LogP contribution in [0, 0.1) is 0 Å². The molecule has 0 amide bonds. The van der Waals surface area contributed by atoms with Crippen molar-refractivity contribution in [2.45, 2.75) is 12.0 Å². The number of carbonyl (C=O) groups is 1. The Morgan fingerprint density at radius 3 is 1.44 bits per heavy atom. The van der Waals surface area contributed by atoms with Gasteiger partial charge in [-0.2, -0.15) is 0 Å². The third-order valence-corrected chi connectivity index (χ3v) is 12.7. The second-order valence-electron chi connectivity index (χ2n) is 9.90. The average Bonchev–Trinajstić information content (AvgIpc) is 3.37. The number of ether oxygens (including phenoxy) is 1. The van der Waals surface area contributed by atoms with Gasteiger partial charge in [0.25, 0.3) is 0 Å². The van der Waals surface area contributed by atoms with Gasteiger partial charge in [-0.15, -0.1) is 0 Å². The molecule has 1 unspecified atom stereocenters. The number of esters is 1. The van der Waals surface area contributed by atoms with Crippen molar-refractivity contribution in [2.75, 3.05) is 6.16 Å². The van der Waals surface area contributed by atoms with Crippen molar-refractivity contribution in [2.24, 2.45) is 4.99 Å². The molecule has 0 aliphatic carbocycles. The number of carbonyl (C=O) groups excluding carboxylic acids is 1. The van der Waals surface area contributed by atoms with Crippen LogP contribution < -0.4 is 15.9 Å². The molecule has 1 atom stereocenters. The van der Waals surface area contributed by atoms with E-state index in [1.807, 2.05) is 60.7 Å². The van der Waals surface area contributed by atoms with Gasteiger partial charge in [-0.05, 0) is 0 Å². The normalized spacial score (nSPS) is 17.3. The molecule has 0 bridgehead atoms. The molecule has 1 heterocycles. The Bertz CT molecular complexity index is 1480. The predicted molar refractivity (Wildman–Crippen MR) is 163 cm³/mol. The summed E-state index contributed by atoms with van der Waals surface area (Å²) in [6, 6.07) is 51.9. The second kappa shape index (κ2) is 10.8. The van der Waals surface area contributed by atoms with Crippen molar-refractivity contribution in [3.63, 3.8) is 0 Å². The Morgan fingerprint density at radius 2 is 0.974 bits per heavy atom. The molecule has 1 aliphatic rings. The number of nitrogens with zero attached hydrogens (tertiary/aromatic N) is 1. The third kappa shape index (κ3) is 4.60. The molecule has 1 aliphatic heterocycles. The summed E-state index contributed by atoms with van der Waals surface area (Å²) in [4.78, 5) is 19.0. The topological polar surface area (TPSA) is 38.7 Å². The number of hydrogen-bond acceptors (Lipinski definition) is 3. The van der Waals surface area contributed by atoms with E-state index in [1.165, 1.54) is 15.9 Å². The van der Waals surface area contributed by atoms with Crippen molar-refractivity contribution >= 4 is 35.0 Å². The van der Waals surface area contributed by atoms with Crippen molar-refractivity contribution in [1.29, 1.82) is 0 Å². The molecule has 0 fully saturated rings. The SMILES string of the molecule is O=C1OC(c2ccccc2)=NC1(CC[PH](c1ccccc1)(c1ccccc1)c1ccccc1)c1ccccc1. The second-order valence-corrected chi connectivity index (χ2v) is 13.9. The van der Waals surface area contributed by atoms with E-state index in [9.17, 15) is 4.79 Å². The van der Waals surface area contributed by atoms with Crippen LogP contribution in [0.5, 0.6) is 0 Å². The summed E-state index contributed by atoms with van der Waals surface area (Å²) in [5.41, 5.74) is 0.544. The maximum atomic E-state index is 13.9. The Kier molecular flexibility index (Phi) is 6.92. The standard InChI is InChI=1S/C35H30NO2P/c37-34-35(29-18-8-2-9-19-29,36-33(38-34)28-16-6-1-7-17-28)26-27-39(30-20-10-3-11-21-30,31-22-12-4-13-23-31)32-24-14-5-15-25-32/h1-25,39H,26-27H2. The molecule has 5 aromatic rings. The van der Waals surface area contributed by atoms with Gasteiger partial charge >= 0.3 is 230 Å². The van der Waals surface area contributed by atoms with Crippen LogP contribution in [-0.4, -0.2) is 18.0 Å². The summed E-state index contributed by atoms with van der Waals surface area (Å²) < 4.78 is 5.93. The quantitative estimate of drug-likeness (QED) is 0.183. The summed E-state index contributed by atoms with van der Waals surface area (Å²) >= 11 is 0. The molecule has 0 saturated carbocycles. The molecule has 0 spiro atoms. The zero-order valence-corrected chi connectivity index (χ0v) is 22.6. The van der Waals surface area contributed by atoms with Gasteiger partial charge < -0.3 is 0 Å². The molecule has 5 aromatic carbocycles. The molecule has 0 N–H and O–H groups in total. The third-order valence-electron chi connectivity index (χ3n) is 7.75. The Balaban J connectivity index is 1.53. The monoisotopic (exact) mass is 527 g/mol. The van der Waals surface area contributed by atoms with Crippen LogP contribution in [0.25, 0.3) is 0 Å². The first-order valence-corrected chi connectivity index (χ1v) is 15.5. The van der Waals surface area contributed by atoms with E-state index in [0.29, 0.717) is 12.3 Å². The maximum absolute atomic E-state index is 13.9. The summed E-state index contributed by atoms with van der Waals surface area (Å²) in [5.74, 6) is 0.0699. The van der Waals surface area contributed by atoms with Gasteiger partial charge in [0.15, 0.2) is 0 Å². The van der Waals surface area contributed by atoms with Crippen LogP contribution in [0.15, 0.2) is 157 Å². The van der Waals surface area contributed by atoms with Crippen molar-refractivity contribution in [3.8, 4) is 0 Å². The first-order valence-electron chi connectivity index (χ1n) is 13.3. The molecular weight excluding hydrogens is 497 g/mol. The van der Waals surface area contributed by atoms with Gasteiger partial charge in [0.2, 0.25) is 0 Å². The van der Waals surface area contributed by atoms with Gasteiger partial charge in [0.05, 0.1) is 0 Å². The van der Waals surface area contributed by atoms with Crippen LogP contribution >= 0.6 is 7.26 Å². The molecule has 3 nitrogen and oxygen atoms in total. The van der Waals surface area contributed by atoms with Crippen LogP contribution in [-0.2, 0) is 15.1 Å². The molecule has 0 saturated heterocycles. The fourth-order valence-corrected chi connectivity index (χ4v) is 10.7. The van der Waals surface area contributed by atoms with Crippen LogP contribution in [0.2, 0.25) is 0 Å². The van der Waals surface area contributed by atoms with Crippen LogP contribution in [0.4, 0.5) is 0 Å². The summed E-state index contributed by atoms with van der Waals surface area (Å²) in [7, 11) is -2.58. The van der Waals surface area contributed by atoms with E-state index in [1.54, 1.807) is 0 Å².